The molecule has 30 heavy (non-hydrogen) atoms. The number of carbonyl (C=O) groups is 2. The molecule has 3 amide bonds. The minimum Gasteiger partial charge on any atom is -0.491 e. The summed E-state index contributed by atoms with van der Waals surface area (Å²) in [5.74, 6) is 0.0521. The highest BCUT2D eigenvalue weighted by atomic mass is 19.1. The molecule has 1 heterocycles. The van der Waals surface area contributed by atoms with Gasteiger partial charge in [0.1, 0.15) is 18.2 Å². The fourth-order valence-corrected chi connectivity index (χ4v) is 3.55. The van der Waals surface area contributed by atoms with E-state index in [1.165, 1.54) is 12.1 Å². The second-order valence-electron chi connectivity index (χ2n) is 7.57. The number of hydrogen-bond donors (Lipinski definition) is 1. The van der Waals surface area contributed by atoms with Crippen molar-refractivity contribution in [2.75, 3.05) is 38.6 Å². The maximum atomic E-state index is 13.8. The Hall–Kier alpha value is -3.09. The van der Waals surface area contributed by atoms with Gasteiger partial charge >= 0.3 is 6.03 Å². The molecular weight excluding hydrogens is 385 g/mol. The van der Waals surface area contributed by atoms with Crippen molar-refractivity contribution >= 4 is 17.6 Å². The van der Waals surface area contributed by atoms with Crippen LogP contribution in [0.4, 0.5) is 14.9 Å². The van der Waals surface area contributed by atoms with Crippen LogP contribution in [-0.2, 0) is 4.79 Å². The van der Waals surface area contributed by atoms with E-state index in [0.717, 1.165) is 24.2 Å². The lowest BCUT2D eigenvalue weighted by Crippen LogP contribution is -2.47. The van der Waals surface area contributed by atoms with Gasteiger partial charge in [-0.15, -0.1) is 0 Å². The van der Waals surface area contributed by atoms with Crippen molar-refractivity contribution in [3.63, 3.8) is 0 Å². The predicted molar refractivity (Wildman–Crippen MR) is 114 cm³/mol. The first-order chi connectivity index (χ1) is 14.5. The molecule has 7 heteroatoms. The Balaban J connectivity index is 1.50. The molecule has 0 aliphatic carbocycles. The van der Waals surface area contributed by atoms with Gasteiger partial charge in [-0.05, 0) is 43.5 Å². The third kappa shape index (κ3) is 5.49. The summed E-state index contributed by atoms with van der Waals surface area (Å²) >= 11 is 0. The minimum atomic E-state index is -0.483. The number of rotatable bonds is 6. The number of nitrogens with one attached hydrogen (secondary N) is 1. The molecule has 160 valence electrons. The van der Waals surface area contributed by atoms with Crippen molar-refractivity contribution in [1.82, 2.24) is 9.80 Å². The summed E-state index contributed by atoms with van der Waals surface area (Å²) in [4.78, 5) is 28.6. The zero-order valence-electron chi connectivity index (χ0n) is 17.4. The molecule has 0 unspecified atom stereocenters. The van der Waals surface area contributed by atoms with Crippen LogP contribution in [0.15, 0.2) is 48.5 Å². The van der Waals surface area contributed by atoms with Crippen LogP contribution in [-0.4, -0.2) is 55.0 Å². The molecule has 1 aliphatic heterocycles. The molecule has 1 fully saturated rings. The average Bonchev–Trinajstić information content (AvgIpc) is 2.76. The van der Waals surface area contributed by atoms with Crippen molar-refractivity contribution in [3.05, 3.63) is 59.9 Å². The smallest absolute Gasteiger partial charge is 0.321 e. The van der Waals surface area contributed by atoms with Gasteiger partial charge in [0.15, 0.2) is 0 Å². The normalized spacial score (nSPS) is 16.1. The Morgan fingerprint density at radius 3 is 2.70 bits per heavy atom. The number of anilines is 1. The first-order valence-electron chi connectivity index (χ1n) is 10.2. The molecule has 0 bridgehead atoms. The second kappa shape index (κ2) is 10.1. The Labute approximate surface area is 176 Å². The molecule has 6 nitrogen and oxygen atoms in total. The molecule has 0 aromatic heterocycles. The number of likely N-dealkylation sites (tertiary alicyclic amines) is 1. The van der Waals surface area contributed by atoms with Crippen molar-refractivity contribution in [3.8, 4) is 5.75 Å². The summed E-state index contributed by atoms with van der Waals surface area (Å²) in [6.07, 6.45) is 1.46. The van der Waals surface area contributed by atoms with Gasteiger partial charge in [0, 0.05) is 20.1 Å². The van der Waals surface area contributed by atoms with Crippen molar-refractivity contribution in [1.29, 1.82) is 0 Å². The van der Waals surface area contributed by atoms with Gasteiger partial charge in [-0.2, -0.15) is 0 Å². The third-order valence-corrected chi connectivity index (χ3v) is 5.33. The molecule has 1 saturated heterocycles. The molecule has 3 rings (SSSR count). The third-order valence-electron chi connectivity index (χ3n) is 5.33. The van der Waals surface area contributed by atoms with Crippen molar-refractivity contribution < 1.29 is 18.7 Å². The summed E-state index contributed by atoms with van der Waals surface area (Å²) in [7, 11) is 1.75. The molecule has 1 N–H and O–H groups in total. The molecule has 0 saturated carbocycles. The summed E-state index contributed by atoms with van der Waals surface area (Å²) in [6.45, 7) is 3.71. The van der Waals surface area contributed by atoms with Gasteiger partial charge in [-0.25, -0.2) is 9.18 Å². The summed E-state index contributed by atoms with van der Waals surface area (Å²) < 4.78 is 19.6. The molecule has 2 aromatic rings. The zero-order chi connectivity index (χ0) is 21.5. The highest BCUT2D eigenvalue weighted by Crippen LogP contribution is 2.21. The lowest BCUT2D eigenvalue weighted by Gasteiger charge is -2.34. The second-order valence-corrected chi connectivity index (χ2v) is 7.57. The average molecular weight is 413 g/mol. The molecule has 1 aliphatic rings. The first kappa shape index (κ1) is 21.6. The summed E-state index contributed by atoms with van der Waals surface area (Å²) in [5.41, 5.74) is 1.19. The van der Waals surface area contributed by atoms with Crippen LogP contribution < -0.4 is 10.1 Å². The number of piperidine rings is 1. The SMILES string of the molecule is Cc1ccccc1OCCN(C)C(=O)[C@@H]1CCCN(C(=O)Nc2ccccc2F)C1. The number of carbonyl (C=O) groups excluding carboxylic acids is 2. The van der Waals surface area contributed by atoms with E-state index >= 15 is 0 Å². The molecule has 0 radical (unpaired) electrons. The van der Waals surface area contributed by atoms with Crippen molar-refractivity contribution in [2.45, 2.75) is 19.8 Å². The van der Waals surface area contributed by atoms with Crippen LogP contribution in [0.5, 0.6) is 5.75 Å². The number of likely N-dealkylation sites (N-methyl/N-ethyl adjacent to an activating group) is 1. The van der Waals surface area contributed by atoms with E-state index in [9.17, 15) is 14.0 Å². The lowest BCUT2D eigenvalue weighted by molar-refractivity contribution is -0.135. The molecule has 1 atom stereocenters. The predicted octanol–water partition coefficient (Wildman–Crippen LogP) is 3.92. The Morgan fingerprint density at radius 2 is 1.93 bits per heavy atom. The van der Waals surface area contributed by atoms with E-state index in [-0.39, 0.29) is 23.5 Å². The zero-order valence-corrected chi connectivity index (χ0v) is 17.4. The number of urea groups is 1. The highest BCUT2D eigenvalue weighted by Gasteiger charge is 2.30. The van der Waals surface area contributed by atoms with Gasteiger partial charge in [0.2, 0.25) is 5.91 Å². The number of amides is 3. The Kier molecular flexibility index (Phi) is 7.27. The van der Waals surface area contributed by atoms with Crippen LogP contribution in [0, 0.1) is 18.7 Å². The van der Waals surface area contributed by atoms with Gasteiger partial charge in [-0.1, -0.05) is 30.3 Å². The monoisotopic (exact) mass is 413 g/mol. The van der Waals surface area contributed by atoms with E-state index in [1.807, 2.05) is 31.2 Å². The Bertz CT molecular complexity index is 890. The highest BCUT2D eigenvalue weighted by molar-refractivity contribution is 5.90. The Morgan fingerprint density at radius 1 is 1.20 bits per heavy atom. The number of ether oxygens (including phenoxy) is 1. The lowest BCUT2D eigenvalue weighted by atomic mass is 9.97. The minimum absolute atomic E-state index is 0.00762. The molecule has 0 spiro atoms. The van der Waals surface area contributed by atoms with Gasteiger partial charge in [-0.3, -0.25) is 4.79 Å². The van der Waals surface area contributed by atoms with Gasteiger partial charge in [0.05, 0.1) is 18.2 Å². The maximum absolute atomic E-state index is 13.8. The van der Waals surface area contributed by atoms with Crippen molar-refractivity contribution in [2.24, 2.45) is 5.92 Å². The number of benzene rings is 2. The standard InChI is InChI=1S/C23H28FN3O3/c1-17-8-3-6-12-21(17)30-15-14-26(2)22(28)18-9-7-13-27(16-18)23(29)25-20-11-5-4-10-19(20)24/h3-6,8,10-12,18H,7,9,13-16H2,1-2H3,(H,25,29)/t18-/m1/s1. The van der Waals surface area contributed by atoms with Crippen LogP contribution in [0.25, 0.3) is 0 Å². The quantitative estimate of drug-likeness (QED) is 0.781. The van der Waals surface area contributed by atoms with E-state index in [1.54, 1.807) is 29.0 Å². The van der Waals surface area contributed by atoms with Crippen LogP contribution >= 0.6 is 0 Å². The number of nitrogens with zero attached hydrogens (tertiary/aromatic N) is 2. The van der Waals surface area contributed by atoms with Crippen LogP contribution in [0.2, 0.25) is 0 Å². The van der Waals surface area contributed by atoms with Crippen LogP contribution in [0.1, 0.15) is 18.4 Å². The fourth-order valence-electron chi connectivity index (χ4n) is 3.55. The maximum Gasteiger partial charge on any atom is 0.321 e. The van der Waals surface area contributed by atoms with E-state index in [4.69, 9.17) is 4.74 Å². The largest absolute Gasteiger partial charge is 0.491 e. The first-order valence-corrected chi connectivity index (χ1v) is 10.2. The van der Waals surface area contributed by atoms with E-state index < -0.39 is 5.82 Å². The topological polar surface area (TPSA) is 61.9 Å². The number of halogens is 1. The summed E-state index contributed by atoms with van der Waals surface area (Å²) in [6, 6.07) is 13.4. The summed E-state index contributed by atoms with van der Waals surface area (Å²) in [5, 5.41) is 2.59. The number of aryl methyl sites for hydroxylation is 1. The molecular formula is C23H28FN3O3. The van der Waals surface area contributed by atoms with Crippen LogP contribution in [0.3, 0.4) is 0 Å². The van der Waals surface area contributed by atoms with Gasteiger partial charge < -0.3 is 19.9 Å². The van der Waals surface area contributed by atoms with E-state index in [0.29, 0.717) is 26.2 Å². The number of para-hydroxylation sites is 2. The van der Waals surface area contributed by atoms with E-state index in [2.05, 4.69) is 5.32 Å². The molecule has 2 aromatic carbocycles. The fraction of sp³-hybridized carbons (Fsp3) is 0.391. The number of hydrogen-bond acceptors (Lipinski definition) is 3. The van der Waals surface area contributed by atoms with Gasteiger partial charge in [0.25, 0.3) is 0 Å².